The highest BCUT2D eigenvalue weighted by Crippen LogP contribution is 2.36. The molecule has 0 unspecified atom stereocenters. The number of nitrogens with one attached hydrogen (secondary N) is 3. The highest BCUT2D eigenvalue weighted by atomic mass is 35.5. The maximum absolute atomic E-state index is 6.66. The Morgan fingerprint density at radius 2 is 0.832 bits per heavy atom. The molecule has 1 saturated heterocycles. The quantitative estimate of drug-likeness (QED) is 0.0534. The monoisotopic (exact) mass is 1510 g/mol. The van der Waals surface area contributed by atoms with Crippen molar-refractivity contribution in [3.8, 4) is 17.2 Å². The molecule has 6 aromatic carbocycles. The number of halogens is 4. The van der Waals surface area contributed by atoms with Crippen LogP contribution in [0.1, 0.15) is 84.1 Å². The molecular formula is C80H75Cl4N19O4. The predicted octanol–water partition coefficient (Wildman–Crippen LogP) is 16.9. The van der Waals surface area contributed by atoms with Gasteiger partial charge in [-0.05, 0) is 132 Å². The molecule has 0 amide bonds. The van der Waals surface area contributed by atoms with E-state index in [-0.39, 0.29) is 18.1 Å². The van der Waals surface area contributed by atoms with Crippen molar-refractivity contribution in [2.24, 2.45) is 0 Å². The van der Waals surface area contributed by atoms with Crippen molar-refractivity contribution >= 4 is 136 Å². The van der Waals surface area contributed by atoms with Crippen LogP contribution in [0, 0.1) is 0 Å². The zero-order chi connectivity index (χ0) is 74.1. The van der Waals surface area contributed by atoms with Crippen LogP contribution in [-0.4, -0.2) is 133 Å². The number of morpholine rings is 1. The van der Waals surface area contributed by atoms with Gasteiger partial charge in [0.25, 0.3) is 0 Å². The summed E-state index contributed by atoms with van der Waals surface area (Å²) in [6.45, 7) is 16.3. The summed E-state index contributed by atoms with van der Waals surface area (Å²) in [6.07, 6.45) is 12.6. The molecule has 0 bridgehead atoms. The first-order chi connectivity index (χ1) is 52.2. The van der Waals surface area contributed by atoms with E-state index in [1.54, 1.807) is 65.1 Å². The third kappa shape index (κ3) is 16.5. The molecule has 107 heavy (non-hydrogen) atoms. The zero-order valence-corrected chi connectivity index (χ0v) is 62.5. The average Bonchev–Trinajstić information content (AvgIpc) is 1.66. The highest BCUT2D eigenvalue weighted by molar-refractivity contribution is 6.41. The van der Waals surface area contributed by atoms with E-state index in [0.717, 1.165) is 161 Å². The first-order valence-electron chi connectivity index (χ1n) is 34.7. The summed E-state index contributed by atoms with van der Waals surface area (Å²) in [5.41, 5.74) is 12.1. The smallest absolute Gasteiger partial charge is 0.165 e. The highest BCUT2D eigenvalue weighted by Gasteiger charge is 2.22. The number of rotatable bonds is 22. The summed E-state index contributed by atoms with van der Waals surface area (Å²) in [4.78, 5) is 57.5. The van der Waals surface area contributed by atoms with E-state index in [1.807, 2.05) is 155 Å². The van der Waals surface area contributed by atoms with Gasteiger partial charge in [0.15, 0.2) is 34.4 Å². The second-order valence-electron chi connectivity index (χ2n) is 25.6. The van der Waals surface area contributed by atoms with E-state index in [0.29, 0.717) is 63.3 Å². The molecule has 23 nitrogen and oxygen atoms in total. The van der Waals surface area contributed by atoms with Crippen LogP contribution in [0.25, 0.3) is 71.9 Å². The molecule has 16 rings (SSSR count). The van der Waals surface area contributed by atoms with Gasteiger partial charge in [0.1, 0.15) is 57.9 Å². The van der Waals surface area contributed by atoms with Crippen LogP contribution >= 0.6 is 46.4 Å². The third-order valence-corrected chi connectivity index (χ3v) is 19.9. The van der Waals surface area contributed by atoms with Crippen LogP contribution in [0.15, 0.2) is 190 Å². The molecule has 0 saturated carbocycles. The summed E-state index contributed by atoms with van der Waals surface area (Å²) in [5.74, 6) is 4.43. The van der Waals surface area contributed by atoms with Crippen LogP contribution in [0.2, 0.25) is 20.2 Å². The minimum atomic E-state index is -0.171. The summed E-state index contributed by atoms with van der Waals surface area (Å²) in [5, 5.41) is 18.4. The second kappa shape index (κ2) is 33.1. The number of hydrogen-bond donors (Lipinski definition) is 3. The zero-order valence-electron chi connectivity index (χ0n) is 59.5. The molecule has 542 valence electrons. The largest absolute Gasteiger partial charge is 0.497 e. The Morgan fingerprint density at radius 3 is 1.24 bits per heavy atom. The van der Waals surface area contributed by atoms with Gasteiger partial charge in [-0.3, -0.25) is 14.9 Å². The number of pyridine rings is 3. The Morgan fingerprint density at radius 1 is 0.458 bits per heavy atom. The van der Waals surface area contributed by atoms with Crippen LogP contribution in [0.5, 0.6) is 17.2 Å². The van der Waals surface area contributed by atoms with Crippen molar-refractivity contribution < 1.29 is 18.9 Å². The summed E-state index contributed by atoms with van der Waals surface area (Å²) < 4.78 is 27.3. The molecule has 27 heteroatoms. The van der Waals surface area contributed by atoms with E-state index in [1.165, 1.54) is 6.33 Å². The van der Waals surface area contributed by atoms with Gasteiger partial charge in [-0.1, -0.05) is 126 Å². The van der Waals surface area contributed by atoms with E-state index in [4.69, 9.17) is 75.3 Å². The molecule has 0 aliphatic carbocycles. The van der Waals surface area contributed by atoms with Gasteiger partial charge >= 0.3 is 0 Å². The van der Waals surface area contributed by atoms with Gasteiger partial charge in [-0.25, -0.2) is 49.8 Å². The number of benzene rings is 6. The maximum Gasteiger partial charge on any atom is 0.165 e. The lowest BCUT2D eigenvalue weighted by Gasteiger charge is -2.26. The predicted molar refractivity (Wildman–Crippen MR) is 425 cm³/mol. The molecule has 1 fully saturated rings. The van der Waals surface area contributed by atoms with Crippen LogP contribution in [0.4, 0.5) is 17.5 Å². The van der Waals surface area contributed by atoms with Crippen LogP contribution < -0.4 is 30.2 Å². The Hall–Kier alpha value is -11.2. The van der Waals surface area contributed by atoms with Gasteiger partial charge in [-0.2, -0.15) is 0 Å². The van der Waals surface area contributed by atoms with E-state index < -0.39 is 0 Å². The first kappa shape index (κ1) is 72.8. The standard InChI is InChI=1S/C30H32ClN7O2.C26H23ClN6O.C24H20Cl2N6O/c1-20(26-16-22-4-3-5-24(31)27(22)25(36-26)10-11-37-12-14-40-15-13-37)35-29-28-30(33-18-32-29)38(19-34-28)17-21-6-8-23(39-2)9-7-21;1-4-21-23-18(6-5-7-20(23)27)12-22(32-21)16(2)31-25-24-26(29-14-28-25)33(15-30-24)13-17-8-10-19(34-3)11-9-17;1-14(19-10-16-4-3-5-18(25)20(16)22(26)31-19)30-23-21-24(28-12-27-23)32(13-29-21)11-15-6-8-17(33-2)9-7-15/h3-9,16,18-20H,10-15,17H2,1-2H3,(H,32,33,35);4-12,14-16H,1,13H2,2-3H3,(H,28,29,31);3-10,12-14H,11H2,1-2H3,(H,27,28,30)/t20-;16-;14-/m000/s1. The molecule has 9 aromatic heterocycles. The molecule has 1 aliphatic heterocycles. The van der Waals surface area contributed by atoms with Crippen molar-refractivity contribution in [3.63, 3.8) is 0 Å². The molecule has 3 atom stereocenters. The fourth-order valence-electron chi connectivity index (χ4n) is 12.9. The number of fused-ring (bicyclic) bond motifs is 6. The minimum Gasteiger partial charge on any atom is -0.497 e. The Kier molecular flexibility index (Phi) is 22.5. The van der Waals surface area contributed by atoms with Gasteiger partial charge in [0.2, 0.25) is 0 Å². The number of methoxy groups -OCH3 is 3. The third-order valence-electron chi connectivity index (χ3n) is 18.6. The first-order valence-corrected chi connectivity index (χ1v) is 36.2. The van der Waals surface area contributed by atoms with Crippen molar-refractivity contribution in [1.82, 2.24) is 78.4 Å². The topological polar surface area (TPSA) is 246 Å². The number of aromatic nitrogens is 15. The average molecular weight is 1510 g/mol. The Balaban J connectivity index is 0.000000135. The van der Waals surface area contributed by atoms with Crippen molar-refractivity contribution in [2.75, 3.05) is 70.1 Å². The number of anilines is 3. The molecule has 10 heterocycles. The Labute approximate surface area is 637 Å². The molecule has 1 aliphatic rings. The van der Waals surface area contributed by atoms with Crippen molar-refractivity contribution in [2.45, 2.75) is 65.0 Å². The SMILES string of the molecule is C=Cc1nc([C@H](C)Nc2ncnc3c2ncn3Cc2ccc(OC)cc2)cc2cccc(Cl)c12.COc1ccc(Cn2cnc3c(N[C@@H](C)c4cc5cccc(Cl)c5c(CCN5CCOCC5)n4)ncnc32)cc1.COc1ccc(Cn2cnc3c(N[C@@H](C)c4cc5cccc(Cl)c5c(Cl)n4)ncnc32)cc1. The van der Waals surface area contributed by atoms with Gasteiger partial charge in [0.05, 0.1) is 135 Å². The number of hydrogen-bond acceptors (Lipinski definition) is 20. The molecular weight excluding hydrogens is 1430 g/mol. The lowest BCUT2D eigenvalue weighted by Crippen LogP contribution is -2.37. The van der Waals surface area contributed by atoms with Gasteiger partial charge < -0.3 is 48.6 Å². The van der Waals surface area contributed by atoms with Crippen molar-refractivity contribution in [3.05, 3.63) is 256 Å². The normalized spacial score (nSPS) is 13.2. The lowest BCUT2D eigenvalue weighted by atomic mass is 10.0. The summed E-state index contributed by atoms with van der Waals surface area (Å²) in [7, 11) is 4.98. The Bertz CT molecular complexity index is 5660. The van der Waals surface area contributed by atoms with E-state index in [2.05, 4.69) is 96.3 Å². The number of ether oxygens (including phenoxy) is 4. The van der Waals surface area contributed by atoms with Crippen LogP contribution in [0.3, 0.4) is 0 Å². The molecule has 15 aromatic rings. The number of nitrogens with zero attached hydrogens (tertiary/aromatic N) is 16. The fraction of sp³-hybridized carbons (Fsp3) is 0.225. The van der Waals surface area contributed by atoms with Crippen LogP contribution in [-0.2, 0) is 30.8 Å². The maximum atomic E-state index is 6.66. The molecule has 0 radical (unpaired) electrons. The second-order valence-corrected chi connectivity index (χ2v) is 27.2. The lowest BCUT2D eigenvalue weighted by molar-refractivity contribution is 0.0384. The van der Waals surface area contributed by atoms with Gasteiger partial charge in [0, 0.05) is 42.2 Å². The summed E-state index contributed by atoms with van der Waals surface area (Å²) in [6, 6.07) is 47.1. The summed E-state index contributed by atoms with van der Waals surface area (Å²) >= 11 is 25.8. The van der Waals surface area contributed by atoms with E-state index >= 15 is 0 Å². The van der Waals surface area contributed by atoms with Crippen molar-refractivity contribution in [1.29, 1.82) is 0 Å². The molecule has 3 N–H and O–H groups in total. The fourth-order valence-corrected chi connectivity index (χ4v) is 14.1. The molecule has 0 spiro atoms. The van der Waals surface area contributed by atoms with Gasteiger partial charge in [-0.15, -0.1) is 0 Å². The number of imidazole rings is 3. The van der Waals surface area contributed by atoms with E-state index in [9.17, 15) is 0 Å². The minimum absolute atomic E-state index is 0.115.